The Kier molecular flexibility index (Phi) is 4.54. The number of halogens is 1. The Morgan fingerprint density at radius 2 is 2.27 bits per heavy atom. The summed E-state index contributed by atoms with van der Waals surface area (Å²) in [6, 6.07) is 0.259. The van der Waals surface area contributed by atoms with Crippen molar-refractivity contribution in [3.63, 3.8) is 0 Å². The van der Waals surface area contributed by atoms with Gasteiger partial charge in [-0.1, -0.05) is 0 Å². The van der Waals surface area contributed by atoms with Gasteiger partial charge in [0.05, 0.1) is 31.6 Å². The summed E-state index contributed by atoms with van der Waals surface area (Å²) in [6.45, 7) is 7.47. The summed E-state index contributed by atoms with van der Waals surface area (Å²) in [7, 11) is 1.69. The van der Waals surface area contributed by atoms with Crippen molar-refractivity contribution in [1.29, 1.82) is 0 Å². The summed E-state index contributed by atoms with van der Waals surface area (Å²) in [6.07, 6.45) is 0.738. The van der Waals surface area contributed by atoms with Crippen LogP contribution in [0.25, 0.3) is 0 Å². The standard InChI is InChI=1S/C15H22ClN3O3/c1-10-8-21-7-5-19(10)13-11-9-22-15(2,4-6-20-3)12(11)17-14(16)18-13/h10H,4-9H2,1-3H3/t10-,15?/m0/s1. The molecule has 0 bridgehead atoms. The summed E-state index contributed by atoms with van der Waals surface area (Å²) in [5.41, 5.74) is 1.46. The van der Waals surface area contributed by atoms with Crippen LogP contribution in [0.1, 0.15) is 31.5 Å². The van der Waals surface area contributed by atoms with E-state index in [1.807, 2.05) is 6.92 Å². The van der Waals surface area contributed by atoms with E-state index in [9.17, 15) is 0 Å². The van der Waals surface area contributed by atoms with E-state index in [0.717, 1.165) is 30.0 Å². The molecule has 2 aliphatic heterocycles. The van der Waals surface area contributed by atoms with E-state index < -0.39 is 5.60 Å². The Morgan fingerprint density at radius 3 is 3.00 bits per heavy atom. The molecule has 0 aromatic carbocycles. The summed E-state index contributed by atoms with van der Waals surface area (Å²) in [5, 5.41) is 0.265. The Labute approximate surface area is 135 Å². The molecule has 0 aliphatic carbocycles. The third kappa shape index (κ3) is 2.80. The highest BCUT2D eigenvalue weighted by Crippen LogP contribution is 2.42. The maximum atomic E-state index is 6.19. The molecule has 3 rings (SSSR count). The number of rotatable bonds is 4. The van der Waals surface area contributed by atoms with Crippen LogP contribution >= 0.6 is 11.6 Å². The highest BCUT2D eigenvalue weighted by molar-refractivity contribution is 6.28. The summed E-state index contributed by atoms with van der Waals surface area (Å²) in [4.78, 5) is 11.2. The van der Waals surface area contributed by atoms with Crippen molar-refractivity contribution in [2.45, 2.75) is 38.5 Å². The molecule has 0 saturated carbocycles. The molecule has 1 saturated heterocycles. The van der Waals surface area contributed by atoms with Gasteiger partial charge in [0.2, 0.25) is 5.28 Å². The number of hydrogen-bond donors (Lipinski definition) is 0. The van der Waals surface area contributed by atoms with E-state index in [0.29, 0.717) is 26.4 Å². The molecule has 0 amide bonds. The smallest absolute Gasteiger partial charge is 0.224 e. The van der Waals surface area contributed by atoms with Crippen LogP contribution in [0.15, 0.2) is 0 Å². The van der Waals surface area contributed by atoms with Crippen LogP contribution < -0.4 is 4.90 Å². The van der Waals surface area contributed by atoms with Gasteiger partial charge in [-0.05, 0) is 25.4 Å². The van der Waals surface area contributed by atoms with Crippen molar-refractivity contribution in [3.8, 4) is 0 Å². The van der Waals surface area contributed by atoms with Crippen LogP contribution in [0, 0.1) is 0 Å². The van der Waals surface area contributed by atoms with Gasteiger partial charge in [-0.2, -0.15) is 0 Å². The van der Waals surface area contributed by atoms with Gasteiger partial charge in [-0.25, -0.2) is 9.97 Å². The van der Waals surface area contributed by atoms with E-state index in [1.54, 1.807) is 7.11 Å². The zero-order chi connectivity index (χ0) is 15.7. The molecule has 0 spiro atoms. The Bertz CT molecular complexity index is 557. The van der Waals surface area contributed by atoms with Crippen molar-refractivity contribution < 1.29 is 14.2 Å². The second-order valence-corrected chi connectivity index (χ2v) is 6.36. The second kappa shape index (κ2) is 6.28. The SMILES string of the molecule is COCCC1(C)OCc2c(N3CCOC[C@@H]3C)nc(Cl)nc21. The number of ether oxygens (including phenoxy) is 3. The fraction of sp³-hybridized carbons (Fsp3) is 0.733. The maximum absolute atomic E-state index is 6.19. The van der Waals surface area contributed by atoms with Crippen molar-refractivity contribution in [2.75, 3.05) is 38.4 Å². The molecule has 1 aromatic rings. The van der Waals surface area contributed by atoms with Gasteiger partial charge in [-0.3, -0.25) is 0 Å². The lowest BCUT2D eigenvalue weighted by Gasteiger charge is -2.35. The minimum Gasteiger partial charge on any atom is -0.385 e. The predicted molar refractivity (Wildman–Crippen MR) is 83.3 cm³/mol. The Hall–Kier alpha value is -0.950. The largest absolute Gasteiger partial charge is 0.385 e. The minimum absolute atomic E-state index is 0.259. The first-order valence-corrected chi connectivity index (χ1v) is 7.97. The number of fused-ring (bicyclic) bond motifs is 1. The lowest BCUT2D eigenvalue weighted by atomic mass is 9.96. The topological polar surface area (TPSA) is 56.7 Å². The highest BCUT2D eigenvalue weighted by atomic mass is 35.5. The molecular weight excluding hydrogens is 306 g/mol. The maximum Gasteiger partial charge on any atom is 0.224 e. The average Bonchev–Trinajstić information content (AvgIpc) is 2.83. The van der Waals surface area contributed by atoms with Gasteiger partial charge in [0.25, 0.3) is 0 Å². The summed E-state index contributed by atoms with van der Waals surface area (Å²) < 4.78 is 16.7. The van der Waals surface area contributed by atoms with E-state index >= 15 is 0 Å². The fourth-order valence-corrected chi connectivity index (χ4v) is 3.25. The highest BCUT2D eigenvalue weighted by Gasteiger charge is 2.40. The minimum atomic E-state index is -0.470. The third-order valence-corrected chi connectivity index (χ3v) is 4.59. The lowest BCUT2D eigenvalue weighted by molar-refractivity contribution is -0.0449. The second-order valence-electron chi connectivity index (χ2n) is 6.02. The molecule has 2 aliphatic rings. The average molecular weight is 328 g/mol. The normalized spacial score (nSPS) is 28.0. The molecule has 1 aromatic heterocycles. The van der Waals surface area contributed by atoms with Crippen LogP contribution in [-0.4, -0.2) is 49.5 Å². The van der Waals surface area contributed by atoms with Crippen LogP contribution in [0.5, 0.6) is 0 Å². The number of hydrogen-bond acceptors (Lipinski definition) is 6. The van der Waals surface area contributed by atoms with Gasteiger partial charge in [0, 0.05) is 32.2 Å². The third-order valence-electron chi connectivity index (χ3n) is 4.42. The summed E-state index contributed by atoms with van der Waals surface area (Å²) >= 11 is 6.19. The van der Waals surface area contributed by atoms with Gasteiger partial charge in [-0.15, -0.1) is 0 Å². The number of morpholine rings is 1. The molecule has 22 heavy (non-hydrogen) atoms. The van der Waals surface area contributed by atoms with Crippen molar-refractivity contribution in [3.05, 3.63) is 16.5 Å². The molecule has 0 N–H and O–H groups in total. The predicted octanol–water partition coefficient (Wildman–Crippen LogP) is 2.14. The van der Waals surface area contributed by atoms with Crippen LogP contribution in [0.3, 0.4) is 0 Å². The van der Waals surface area contributed by atoms with E-state index in [2.05, 4.69) is 21.8 Å². The number of aromatic nitrogens is 2. The molecule has 6 nitrogen and oxygen atoms in total. The summed E-state index contributed by atoms with van der Waals surface area (Å²) in [5.74, 6) is 0.881. The molecule has 3 heterocycles. The van der Waals surface area contributed by atoms with Crippen molar-refractivity contribution >= 4 is 17.4 Å². The van der Waals surface area contributed by atoms with Crippen LogP contribution in [0.2, 0.25) is 5.28 Å². The van der Waals surface area contributed by atoms with Crippen LogP contribution in [0.4, 0.5) is 5.82 Å². The van der Waals surface area contributed by atoms with Gasteiger partial charge >= 0.3 is 0 Å². The molecule has 2 atom stereocenters. The van der Waals surface area contributed by atoms with Gasteiger partial charge in [0.15, 0.2) is 0 Å². The first kappa shape index (κ1) is 15.9. The number of methoxy groups -OCH3 is 1. The van der Waals surface area contributed by atoms with Gasteiger partial charge < -0.3 is 19.1 Å². The fourth-order valence-electron chi connectivity index (χ4n) is 3.08. The lowest BCUT2D eigenvalue weighted by Crippen LogP contribution is -2.44. The zero-order valence-corrected chi connectivity index (χ0v) is 14.0. The Balaban J connectivity index is 1.99. The van der Waals surface area contributed by atoms with Crippen molar-refractivity contribution in [2.24, 2.45) is 0 Å². The van der Waals surface area contributed by atoms with E-state index in [-0.39, 0.29) is 11.3 Å². The molecule has 1 unspecified atom stereocenters. The van der Waals surface area contributed by atoms with Gasteiger partial charge in [0.1, 0.15) is 11.4 Å². The molecule has 122 valence electrons. The number of anilines is 1. The number of nitrogens with zero attached hydrogens (tertiary/aromatic N) is 3. The zero-order valence-electron chi connectivity index (χ0n) is 13.3. The Morgan fingerprint density at radius 1 is 1.45 bits per heavy atom. The molecule has 1 fully saturated rings. The van der Waals surface area contributed by atoms with E-state index in [4.69, 9.17) is 25.8 Å². The monoisotopic (exact) mass is 327 g/mol. The quantitative estimate of drug-likeness (QED) is 0.790. The molecule has 7 heteroatoms. The van der Waals surface area contributed by atoms with Crippen LogP contribution in [-0.2, 0) is 26.4 Å². The molecule has 0 radical (unpaired) electrons. The van der Waals surface area contributed by atoms with Crippen molar-refractivity contribution in [1.82, 2.24) is 9.97 Å². The first-order valence-electron chi connectivity index (χ1n) is 7.59. The molecular formula is C15H22ClN3O3. The van der Waals surface area contributed by atoms with E-state index in [1.165, 1.54) is 0 Å². The first-order chi connectivity index (χ1) is 10.5.